The molecular weight excluding hydrogens is 330 g/mol. The Hall–Kier alpha value is -3.15. The highest BCUT2D eigenvalue weighted by molar-refractivity contribution is 5.92. The van der Waals surface area contributed by atoms with Crippen molar-refractivity contribution >= 4 is 29.1 Å². The van der Waals surface area contributed by atoms with Crippen LogP contribution >= 0.6 is 0 Å². The first-order valence-corrected chi connectivity index (χ1v) is 8.41. The highest BCUT2D eigenvalue weighted by Gasteiger charge is 2.12. The molecule has 0 aliphatic rings. The number of amides is 3. The molecule has 0 radical (unpaired) electrons. The maximum absolute atomic E-state index is 12.1. The van der Waals surface area contributed by atoms with Crippen LogP contribution in [0.15, 0.2) is 54.6 Å². The largest absolute Gasteiger partial charge is 0.338 e. The summed E-state index contributed by atoms with van der Waals surface area (Å²) in [5, 5.41) is 5.46. The zero-order valence-electron chi connectivity index (χ0n) is 15.0. The predicted octanol–water partition coefficient (Wildman–Crippen LogP) is 3.02. The zero-order valence-corrected chi connectivity index (χ0v) is 15.0. The van der Waals surface area contributed by atoms with Gasteiger partial charge in [0.1, 0.15) is 0 Å². The number of nitrogens with one attached hydrogen (secondary N) is 2. The lowest BCUT2D eigenvalue weighted by Crippen LogP contribution is -2.31. The van der Waals surface area contributed by atoms with Crippen LogP contribution < -0.4 is 10.6 Å². The summed E-state index contributed by atoms with van der Waals surface area (Å²) in [7, 11) is 0. The van der Waals surface area contributed by atoms with Crippen LogP contribution in [0.5, 0.6) is 0 Å². The summed E-state index contributed by atoms with van der Waals surface area (Å²) in [6.07, 6.45) is 0.208. The normalized spacial score (nSPS) is 10.1. The minimum absolute atomic E-state index is 0.0682. The van der Waals surface area contributed by atoms with Crippen LogP contribution in [0.3, 0.4) is 0 Å². The molecule has 6 nitrogen and oxygen atoms in total. The molecule has 0 heterocycles. The third-order valence-corrected chi connectivity index (χ3v) is 3.76. The molecule has 2 N–H and O–H groups in total. The monoisotopic (exact) mass is 353 g/mol. The number of anilines is 2. The van der Waals surface area contributed by atoms with E-state index in [2.05, 4.69) is 10.6 Å². The van der Waals surface area contributed by atoms with Crippen LogP contribution in [0.1, 0.15) is 25.8 Å². The van der Waals surface area contributed by atoms with E-state index in [0.717, 1.165) is 5.56 Å². The number of carbonyl (C=O) groups is 3. The molecule has 6 heteroatoms. The van der Waals surface area contributed by atoms with Crippen molar-refractivity contribution in [3.63, 3.8) is 0 Å². The molecule has 3 amide bonds. The highest BCUT2D eigenvalue weighted by Crippen LogP contribution is 2.14. The van der Waals surface area contributed by atoms with Gasteiger partial charge in [0.2, 0.25) is 17.7 Å². The van der Waals surface area contributed by atoms with E-state index in [1.165, 1.54) is 13.8 Å². The molecule has 2 aromatic carbocycles. The Labute approximate surface area is 153 Å². The van der Waals surface area contributed by atoms with Gasteiger partial charge in [-0.25, -0.2) is 0 Å². The van der Waals surface area contributed by atoms with E-state index in [1.54, 1.807) is 29.2 Å². The van der Waals surface area contributed by atoms with Gasteiger partial charge < -0.3 is 15.5 Å². The van der Waals surface area contributed by atoms with E-state index < -0.39 is 0 Å². The number of hydrogen-bond donors (Lipinski definition) is 2. The van der Waals surface area contributed by atoms with E-state index in [1.807, 2.05) is 30.3 Å². The van der Waals surface area contributed by atoms with E-state index in [4.69, 9.17) is 0 Å². The molecule has 0 unspecified atom stereocenters. The van der Waals surface area contributed by atoms with Gasteiger partial charge in [-0.2, -0.15) is 0 Å². The lowest BCUT2D eigenvalue weighted by Gasteiger charge is -2.21. The standard InChI is InChI=1S/C20H23N3O3/c1-15(24)21-18-8-10-19(11-9-18)22-20(26)12-13-23(16(2)25)14-17-6-4-3-5-7-17/h3-11H,12-14H2,1-2H3,(H,21,24)(H,22,26). The van der Waals surface area contributed by atoms with Gasteiger partial charge in [-0.3, -0.25) is 14.4 Å². The van der Waals surface area contributed by atoms with Crippen molar-refractivity contribution in [3.05, 3.63) is 60.2 Å². The molecule has 0 saturated carbocycles. The molecule has 0 aliphatic carbocycles. The summed E-state index contributed by atoms with van der Waals surface area (Å²) in [5.74, 6) is -0.387. The van der Waals surface area contributed by atoms with Crippen molar-refractivity contribution in [2.75, 3.05) is 17.2 Å². The average Bonchev–Trinajstić information content (AvgIpc) is 2.60. The van der Waals surface area contributed by atoms with Crippen molar-refractivity contribution in [3.8, 4) is 0 Å². The molecule has 0 spiro atoms. The lowest BCUT2D eigenvalue weighted by atomic mass is 10.2. The fraction of sp³-hybridized carbons (Fsp3) is 0.250. The predicted molar refractivity (Wildman–Crippen MR) is 102 cm³/mol. The van der Waals surface area contributed by atoms with Crippen LogP contribution in [-0.2, 0) is 20.9 Å². The summed E-state index contributed by atoms with van der Waals surface area (Å²) < 4.78 is 0. The topological polar surface area (TPSA) is 78.5 Å². The Kier molecular flexibility index (Phi) is 6.91. The van der Waals surface area contributed by atoms with Gasteiger partial charge in [0.05, 0.1) is 0 Å². The minimum atomic E-state index is -0.170. The molecular formula is C20H23N3O3. The quantitative estimate of drug-likeness (QED) is 0.803. The summed E-state index contributed by atoms with van der Waals surface area (Å²) in [6, 6.07) is 16.5. The second-order valence-electron chi connectivity index (χ2n) is 5.98. The van der Waals surface area contributed by atoms with E-state index in [0.29, 0.717) is 24.5 Å². The van der Waals surface area contributed by atoms with Crippen LogP contribution in [0.2, 0.25) is 0 Å². The Morgan fingerprint density at radius 3 is 1.96 bits per heavy atom. The maximum Gasteiger partial charge on any atom is 0.226 e. The number of hydrogen-bond acceptors (Lipinski definition) is 3. The molecule has 0 aliphatic heterocycles. The molecule has 0 atom stereocenters. The Balaban J connectivity index is 1.85. The average molecular weight is 353 g/mol. The smallest absolute Gasteiger partial charge is 0.226 e. The van der Waals surface area contributed by atoms with Gasteiger partial charge in [0, 0.05) is 44.7 Å². The van der Waals surface area contributed by atoms with Crippen molar-refractivity contribution < 1.29 is 14.4 Å². The first kappa shape index (κ1) is 19.2. The fourth-order valence-electron chi connectivity index (χ4n) is 2.45. The summed E-state index contributed by atoms with van der Waals surface area (Å²) in [5.41, 5.74) is 2.33. The van der Waals surface area contributed by atoms with Crippen molar-refractivity contribution in [2.45, 2.75) is 26.8 Å². The van der Waals surface area contributed by atoms with E-state index >= 15 is 0 Å². The van der Waals surface area contributed by atoms with Crippen LogP contribution in [-0.4, -0.2) is 29.2 Å². The maximum atomic E-state index is 12.1. The summed E-state index contributed by atoms with van der Waals surface area (Å²) in [4.78, 5) is 36.6. The number of nitrogens with zero attached hydrogens (tertiary/aromatic N) is 1. The van der Waals surface area contributed by atoms with Crippen LogP contribution in [0, 0.1) is 0 Å². The van der Waals surface area contributed by atoms with E-state index in [-0.39, 0.29) is 24.1 Å². The van der Waals surface area contributed by atoms with Gasteiger partial charge in [-0.1, -0.05) is 30.3 Å². The number of carbonyl (C=O) groups excluding carboxylic acids is 3. The number of rotatable bonds is 7. The highest BCUT2D eigenvalue weighted by atomic mass is 16.2. The second-order valence-corrected chi connectivity index (χ2v) is 5.98. The SMILES string of the molecule is CC(=O)Nc1ccc(NC(=O)CCN(Cc2ccccc2)C(C)=O)cc1. The third kappa shape index (κ3) is 6.39. The van der Waals surface area contributed by atoms with Crippen molar-refractivity contribution in [1.29, 1.82) is 0 Å². The number of benzene rings is 2. The fourth-order valence-corrected chi connectivity index (χ4v) is 2.45. The molecule has 0 fully saturated rings. The molecule has 0 bridgehead atoms. The molecule has 0 aromatic heterocycles. The van der Waals surface area contributed by atoms with Crippen molar-refractivity contribution in [2.24, 2.45) is 0 Å². The minimum Gasteiger partial charge on any atom is -0.338 e. The molecule has 0 saturated heterocycles. The van der Waals surface area contributed by atoms with Gasteiger partial charge in [-0.15, -0.1) is 0 Å². The second kappa shape index (κ2) is 9.36. The van der Waals surface area contributed by atoms with Gasteiger partial charge in [0.15, 0.2) is 0 Å². The Morgan fingerprint density at radius 2 is 1.42 bits per heavy atom. The third-order valence-electron chi connectivity index (χ3n) is 3.76. The molecule has 2 rings (SSSR count). The Bertz CT molecular complexity index is 758. The molecule has 136 valence electrons. The van der Waals surface area contributed by atoms with Crippen molar-refractivity contribution in [1.82, 2.24) is 4.90 Å². The summed E-state index contributed by atoms with van der Waals surface area (Å²) in [6.45, 7) is 3.77. The lowest BCUT2D eigenvalue weighted by molar-refractivity contribution is -0.130. The van der Waals surface area contributed by atoms with Gasteiger partial charge >= 0.3 is 0 Å². The zero-order chi connectivity index (χ0) is 18.9. The summed E-state index contributed by atoms with van der Waals surface area (Å²) >= 11 is 0. The van der Waals surface area contributed by atoms with Crippen LogP contribution in [0.25, 0.3) is 0 Å². The first-order chi connectivity index (χ1) is 12.4. The first-order valence-electron chi connectivity index (χ1n) is 8.41. The van der Waals surface area contributed by atoms with E-state index in [9.17, 15) is 14.4 Å². The Morgan fingerprint density at radius 1 is 0.846 bits per heavy atom. The van der Waals surface area contributed by atoms with Gasteiger partial charge in [-0.05, 0) is 29.8 Å². The molecule has 2 aromatic rings. The van der Waals surface area contributed by atoms with Crippen LogP contribution in [0.4, 0.5) is 11.4 Å². The van der Waals surface area contributed by atoms with Gasteiger partial charge in [0.25, 0.3) is 0 Å². The molecule has 26 heavy (non-hydrogen) atoms.